The minimum atomic E-state index is -0.394. The van der Waals surface area contributed by atoms with E-state index < -0.39 is 5.63 Å². The fourth-order valence-electron chi connectivity index (χ4n) is 1.58. The molecular weight excluding hydrogens is 300 g/mol. The van der Waals surface area contributed by atoms with Crippen molar-refractivity contribution in [2.75, 3.05) is 14.2 Å². The maximum Gasteiger partial charge on any atom is 0.336 e. The third-order valence-corrected chi connectivity index (χ3v) is 3.09. The van der Waals surface area contributed by atoms with Crippen molar-refractivity contribution >= 4 is 15.9 Å². The van der Waals surface area contributed by atoms with Gasteiger partial charge in [-0.15, -0.1) is 0 Å². The van der Waals surface area contributed by atoms with E-state index in [-0.39, 0.29) is 0 Å². The average Bonchev–Trinajstić information content (AvgIpc) is 2.38. The van der Waals surface area contributed by atoms with E-state index in [9.17, 15) is 4.79 Å². The topological polar surface area (TPSA) is 48.7 Å². The highest BCUT2D eigenvalue weighted by atomic mass is 79.9. The van der Waals surface area contributed by atoms with Gasteiger partial charge in [-0.05, 0) is 34.1 Å². The Morgan fingerprint density at radius 1 is 1.11 bits per heavy atom. The van der Waals surface area contributed by atoms with Crippen LogP contribution in [0.3, 0.4) is 0 Å². The fourth-order valence-corrected chi connectivity index (χ4v) is 2.10. The maximum absolute atomic E-state index is 11.2. The Labute approximate surface area is 112 Å². The molecule has 0 atom stereocenters. The van der Waals surface area contributed by atoms with Gasteiger partial charge >= 0.3 is 5.63 Å². The lowest BCUT2D eigenvalue weighted by Crippen LogP contribution is -1.97. The lowest BCUT2D eigenvalue weighted by atomic mass is 10.1. The van der Waals surface area contributed by atoms with E-state index in [1.54, 1.807) is 38.5 Å². The quantitative estimate of drug-likeness (QED) is 0.874. The second-order valence-corrected chi connectivity index (χ2v) is 4.35. The summed E-state index contributed by atoms with van der Waals surface area (Å²) in [6, 6.07) is 8.23. The van der Waals surface area contributed by atoms with Crippen molar-refractivity contribution in [2.45, 2.75) is 0 Å². The van der Waals surface area contributed by atoms with Crippen LogP contribution in [-0.4, -0.2) is 14.2 Å². The Morgan fingerprint density at radius 2 is 1.78 bits per heavy atom. The normalized spacial score (nSPS) is 10.2. The molecule has 0 fully saturated rings. The third-order valence-electron chi connectivity index (χ3n) is 2.43. The Morgan fingerprint density at radius 3 is 2.39 bits per heavy atom. The second-order valence-electron chi connectivity index (χ2n) is 3.50. The van der Waals surface area contributed by atoms with E-state index in [0.717, 1.165) is 10.0 Å². The van der Waals surface area contributed by atoms with Crippen molar-refractivity contribution < 1.29 is 13.9 Å². The molecule has 0 bridgehead atoms. The number of benzene rings is 1. The van der Waals surface area contributed by atoms with E-state index in [1.807, 2.05) is 0 Å². The van der Waals surface area contributed by atoms with E-state index in [1.165, 1.54) is 6.07 Å². The Balaban J connectivity index is 2.61. The fraction of sp³-hybridized carbons (Fsp3) is 0.154. The number of ether oxygens (including phenoxy) is 2. The number of hydrogen-bond acceptors (Lipinski definition) is 4. The molecule has 1 heterocycles. The monoisotopic (exact) mass is 310 g/mol. The van der Waals surface area contributed by atoms with Gasteiger partial charge < -0.3 is 13.9 Å². The van der Waals surface area contributed by atoms with Crippen LogP contribution >= 0.6 is 15.9 Å². The van der Waals surface area contributed by atoms with Gasteiger partial charge in [-0.1, -0.05) is 6.07 Å². The average molecular weight is 311 g/mol. The predicted molar refractivity (Wildman–Crippen MR) is 71.2 cm³/mol. The zero-order chi connectivity index (χ0) is 13.1. The van der Waals surface area contributed by atoms with Gasteiger partial charge in [0, 0.05) is 16.1 Å². The molecular formula is C13H11BrO4. The van der Waals surface area contributed by atoms with E-state index in [4.69, 9.17) is 13.9 Å². The summed E-state index contributed by atoms with van der Waals surface area (Å²) in [6.07, 6.45) is 0. The summed E-state index contributed by atoms with van der Waals surface area (Å²) in [6.45, 7) is 0. The van der Waals surface area contributed by atoms with Crippen LogP contribution in [0.4, 0.5) is 0 Å². The summed E-state index contributed by atoms with van der Waals surface area (Å²) in [5.41, 5.74) is 0.333. The predicted octanol–water partition coefficient (Wildman–Crippen LogP) is 3.09. The molecule has 0 aliphatic carbocycles. The number of hydrogen-bond donors (Lipinski definition) is 0. The van der Waals surface area contributed by atoms with E-state index >= 15 is 0 Å². The summed E-state index contributed by atoms with van der Waals surface area (Å²) in [5.74, 6) is 1.64. The van der Waals surface area contributed by atoms with Crippen molar-refractivity contribution in [3.8, 4) is 22.8 Å². The molecule has 0 radical (unpaired) electrons. The summed E-state index contributed by atoms with van der Waals surface area (Å²) in [7, 11) is 3.11. The molecule has 0 saturated carbocycles. The van der Waals surface area contributed by atoms with Crippen molar-refractivity contribution in [1.29, 1.82) is 0 Å². The summed E-state index contributed by atoms with van der Waals surface area (Å²) in [5, 5.41) is 0. The van der Waals surface area contributed by atoms with Crippen molar-refractivity contribution in [3.63, 3.8) is 0 Å². The molecule has 2 rings (SSSR count). The van der Waals surface area contributed by atoms with Gasteiger partial charge in [0.1, 0.15) is 5.76 Å². The first-order chi connectivity index (χ1) is 8.65. The lowest BCUT2D eigenvalue weighted by molar-refractivity contribution is 0.354. The van der Waals surface area contributed by atoms with Gasteiger partial charge in [0.25, 0.3) is 0 Å². The van der Waals surface area contributed by atoms with Crippen LogP contribution in [0.2, 0.25) is 0 Å². The van der Waals surface area contributed by atoms with Crippen LogP contribution in [0.5, 0.6) is 11.5 Å². The van der Waals surface area contributed by atoms with Crippen LogP contribution in [0, 0.1) is 0 Å². The number of halogens is 1. The van der Waals surface area contributed by atoms with Crippen LogP contribution < -0.4 is 15.1 Å². The number of methoxy groups -OCH3 is 2. The highest BCUT2D eigenvalue weighted by Crippen LogP contribution is 2.37. The Hall–Kier alpha value is -1.75. The molecule has 1 aromatic carbocycles. The summed E-state index contributed by atoms with van der Waals surface area (Å²) in [4.78, 5) is 11.2. The molecule has 4 nitrogen and oxygen atoms in total. The first-order valence-corrected chi connectivity index (χ1v) is 5.97. The largest absolute Gasteiger partial charge is 0.493 e. The molecule has 0 spiro atoms. The molecule has 0 unspecified atom stereocenters. The van der Waals surface area contributed by atoms with Crippen LogP contribution in [0.25, 0.3) is 11.3 Å². The molecule has 5 heteroatoms. The molecule has 0 N–H and O–H groups in total. The van der Waals surface area contributed by atoms with Crippen molar-refractivity contribution in [3.05, 3.63) is 45.2 Å². The van der Waals surface area contributed by atoms with Crippen molar-refractivity contribution in [1.82, 2.24) is 0 Å². The minimum Gasteiger partial charge on any atom is -0.493 e. The first kappa shape index (κ1) is 12.7. The molecule has 0 amide bonds. The van der Waals surface area contributed by atoms with Gasteiger partial charge in [0.2, 0.25) is 0 Å². The maximum atomic E-state index is 11.2. The standard InChI is InChI=1S/C13H11BrO4/c1-16-11-6-8(9(14)7-12(11)17-2)10-4-3-5-13(15)18-10/h3-7H,1-2H3. The van der Waals surface area contributed by atoms with E-state index in [2.05, 4.69) is 15.9 Å². The molecule has 18 heavy (non-hydrogen) atoms. The third kappa shape index (κ3) is 2.41. The molecule has 0 aliphatic heterocycles. The Kier molecular flexibility index (Phi) is 3.72. The van der Waals surface area contributed by atoms with Gasteiger partial charge in [-0.25, -0.2) is 4.79 Å². The molecule has 94 valence electrons. The van der Waals surface area contributed by atoms with Crippen LogP contribution in [0.1, 0.15) is 0 Å². The highest BCUT2D eigenvalue weighted by Gasteiger charge is 2.12. The molecule has 0 saturated heterocycles. The highest BCUT2D eigenvalue weighted by molar-refractivity contribution is 9.10. The molecule has 0 aliphatic rings. The van der Waals surface area contributed by atoms with Gasteiger partial charge in [0.15, 0.2) is 11.5 Å². The zero-order valence-electron chi connectivity index (χ0n) is 9.90. The lowest BCUT2D eigenvalue weighted by Gasteiger charge is -2.11. The zero-order valence-corrected chi connectivity index (χ0v) is 11.5. The first-order valence-electron chi connectivity index (χ1n) is 5.17. The van der Waals surface area contributed by atoms with Gasteiger partial charge in [0.05, 0.1) is 14.2 Å². The summed E-state index contributed by atoms with van der Waals surface area (Å²) >= 11 is 3.41. The minimum absolute atomic E-state index is 0.394. The van der Waals surface area contributed by atoms with Crippen molar-refractivity contribution in [2.24, 2.45) is 0 Å². The second kappa shape index (κ2) is 5.27. The molecule has 1 aromatic heterocycles. The van der Waals surface area contributed by atoms with E-state index in [0.29, 0.717) is 17.3 Å². The smallest absolute Gasteiger partial charge is 0.336 e. The summed E-state index contributed by atoms with van der Waals surface area (Å²) < 4.78 is 16.3. The van der Waals surface area contributed by atoms with Gasteiger partial charge in [-0.2, -0.15) is 0 Å². The molecule has 2 aromatic rings. The SMILES string of the molecule is COc1cc(Br)c(-c2cccc(=O)o2)cc1OC. The van der Waals surface area contributed by atoms with Gasteiger partial charge in [-0.3, -0.25) is 0 Å². The van der Waals surface area contributed by atoms with Crippen LogP contribution in [-0.2, 0) is 0 Å². The Bertz CT molecular complexity index is 619. The van der Waals surface area contributed by atoms with Crippen LogP contribution in [0.15, 0.2) is 44.0 Å². The number of rotatable bonds is 3.